The van der Waals surface area contributed by atoms with E-state index in [9.17, 15) is 10.1 Å². The lowest BCUT2D eigenvalue weighted by Gasteiger charge is -2.23. The molecule has 2 rings (SSSR count). The van der Waals surface area contributed by atoms with Crippen LogP contribution in [0.1, 0.15) is 30.2 Å². The van der Waals surface area contributed by atoms with Crippen molar-refractivity contribution in [2.75, 3.05) is 25.1 Å². The molecule has 0 spiro atoms. The number of nitrogens with zero attached hydrogens (tertiary/aromatic N) is 4. The monoisotopic (exact) mass is 274 g/mol. The molecule has 0 bridgehead atoms. The highest BCUT2D eigenvalue weighted by atomic mass is 16.5. The van der Waals surface area contributed by atoms with Crippen molar-refractivity contribution in [3.05, 3.63) is 16.8 Å². The second kappa shape index (κ2) is 5.08. The lowest BCUT2D eigenvalue weighted by molar-refractivity contribution is -0.150. The molecule has 1 unspecified atom stereocenters. The molecule has 0 amide bonds. The van der Waals surface area contributed by atoms with Crippen LogP contribution in [0.3, 0.4) is 0 Å². The molecule has 1 aromatic rings. The Kier molecular flexibility index (Phi) is 3.62. The van der Waals surface area contributed by atoms with Gasteiger partial charge in [0.2, 0.25) is 0 Å². The molecule has 1 fully saturated rings. The van der Waals surface area contributed by atoms with E-state index in [1.165, 1.54) is 7.11 Å². The van der Waals surface area contributed by atoms with E-state index in [0.29, 0.717) is 30.9 Å². The number of anilines is 1. The molecule has 6 heteroatoms. The van der Waals surface area contributed by atoms with Crippen LogP contribution < -0.4 is 4.90 Å². The highest BCUT2D eigenvalue weighted by Crippen LogP contribution is 2.35. The van der Waals surface area contributed by atoms with Crippen molar-refractivity contribution in [2.45, 2.75) is 27.2 Å². The van der Waals surface area contributed by atoms with Crippen LogP contribution in [0.2, 0.25) is 0 Å². The number of rotatable bonds is 2. The zero-order valence-electron chi connectivity index (χ0n) is 12.2. The number of methoxy groups -OCH3 is 1. The number of esters is 1. The normalized spacial score (nSPS) is 21.6. The predicted molar refractivity (Wildman–Crippen MR) is 73.2 cm³/mol. The third-order valence-corrected chi connectivity index (χ3v) is 4.00. The number of nitriles is 1. The van der Waals surface area contributed by atoms with Gasteiger partial charge in [-0.1, -0.05) is 0 Å². The first kappa shape index (κ1) is 14.3. The van der Waals surface area contributed by atoms with Crippen LogP contribution in [0.15, 0.2) is 0 Å². The molecule has 20 heavy (non-hydrogen) atoms. The number of carbonyl (C=O) groups excluding carboxylic acids is 1. The van der Waals surface area contributed by atoms with Crippen molar-refractivity contribution in [1.29, 1.82) is 5.26 Å². The van der Waals surface area contributed by atoms with Gasteiger partial charge in [-0.05, 0) is 32.8 Å². The molecule has 1 aromatic heterocycles. The fraction of sp³-hybridized carbons (Fsp3) is 0.571. The molecule has 0 radical (unpaired) electrons. The van der Waals surface area contributed by atoms with Gasteiger partial charge in [-0.2, -0.15) is 10.4 Å². The lowest BCUT2D eigenvalue weighted by atomic mass is 9.90. The zero-order valence-corrected chi connectivity index (χ0v) is 12.2. The average Bonchev–Trinajstić information content (AvgIpc) is 2.84. The van der Waals surface area contributed by atoms with E-state index in [0.717, 1.165) is 11.3 Å². The highest BCUT2D eigenvalue weighted by Gasteiger charge is 2.42. The summed E-state index contributed by atoms with van der Waals surface area (Å²) in [6.07, 6.45) is 0.680. The molecule has 0 N–H and O–H groups in total. The summed E-state index contributed by atoms with van der Waals surface area (Å²) in [6.45, 7) is 6.72. The molecule has 0 saturated carbocycles. The van der Waals surface area contributed by atoms with E-state index < -0.39 is 5.41 Å². The Balaban J connectivity index is 2.34. The first-order valence-corrected chi connectivity index (χ1v) is 6.50. The van der Waals surface area contributed by atoms with Gasteiger partial charge in [-0.15, -0.1) is 5.10 Å². The van der Waals surface area contributed by atoms with Crippen molar-refractivity contribution in [1.82, 2.24) is 10.2 Å². The number of hydrogen-bond donors (Lipinski definition) is 0. The summed E-state index contributed by atoms with van der Waals surface area (Å²) < 4.78 is 4.85. The Labute approximate surface area is 118 Å². The molecular formula is C14H18N4O2. The minimum absolute atomic E-state index is 0.227. The van der Waals surface area contributed by atoms with Gasteiger partial charge < -0.3 is 9.64 Å². The van der Waals surface area contributed by atoms with Gasteiger partial charge in [0.1, 0.15) is 11.6 Å². The summed E-state index contributed by atoms with van der Waals surface area (Å²) in [6, 6.07) is 2.19. The molecular weight excluding hydrogens is 256 g/mol. The molecule has 1 aliphatic heterocycles. The predicted octanol–water partition coefficient (Wildman–Crippen LogP) is 1.35. The van der Waals surface area contributed by atoms with E-state index in [1.807, 2.05) is 25.7 Å². The maximum atomic E-state index is 11.8. The minimum Gasteiger partial charge on any atom is -0.469 e. The Morgan fingerprint density at radius 2 is 2.15 bits per heavy atom. The Morgan fingerprint density at radius 1 is 1.45 bits per heavy atom. The fourth-order valence-corrected chi connectivity index (χ4v) is 2.51. The average molecular weight is 274 g/mol. The topological polar surface area (TPSA) is 79.1 Å². The van der Waals surface area contributed by atoms with Crippen molar-refractivity contribution in [2.24, 2.45) is 5.41 Å². The zero-order chi connectivity index (χ0) is 14.9. The van der Waals surface area contributed by atoms with Crippen molar-refractivity contribution in [3.8, 4) is 6.07 Å². The van der Waals surface area contributed by atoms with Crippen LogP contribution >= 0.6 is 0 Å². The molecule has 1 aliphatic rings. The van der Waals surface area contributed by atoms with Gasteiger partial charge >= 0.3 is 5.97 Å². The summed E-state index contributed by atoms with van der Waals surface area (Å²) in [4.78, 5) is 13.8. The lowest BCUT2D eigenvalue weighted by Crippen LogP contribution is -2.33. The second-order valence-electron chi connectivity index (χ2n) is 5.44. The van der Waals surface area contributed by atoms with Gasteiger partial charge in [0.25, 0.3) is 0 Å². The van der Waals surface area contributed by atoms with Gasteiger partial charge in [0.15, 0.2) is 5.82 Å². The van der Waals surface area contributed by atoms with E-state index in [2.05, 4.69) is 16.3 Å². The summed E-state index contributed by atoms with van der Waals surface area (Å²) in [5.41, 5.74) is 1.57. The summed E-state index contributed by atoms with van der Waals surface area (Å²) in [5, 5.41) is 17.6. The highest BCUT2D eigenvalue weighted by molar-refractivity contribution is 5.78. The van der Waals surface area contributed by atoms with Gasteiger partial charge in [0.05, 0.1) is 18.2 Å². The number of hydrogen-bond acceptors (Lipinski definition) is 6. The van der Waals surface area contributed by atoms with Gasteiger partial charge in [-0.3, -0.25) is 4.79 Å². The maximum Gasteiger partial charge on any atom is 0.313 e. The Bertz CT molecular complexity index is 594. The quantitative estimate of drug-likeness (QED) is 0.757. The SMILES string of the molecule is COC(=O)C1(C)CCN(c2nnc(C)c(C)c2C#N)C1. The molecule has 0 aromatic carbocycles. The number of ether oxygens (including phenoxy) is 1. The van der Waals surface area contributed by atoms with Gasteiger partial charge in [0, 0.05) is 13.1 Å². The van der Waals surface area contributed by atoms with Crippen LogP contribution in [-0.4, -0.2) is 36.4 Å². The number of aryl methyl sites for hydroxylation is 1. The summed E-state index contributed by atoms with van der Waals surface area (Å²) in [5.74, 6) is 0.332. The molecule has 106 valence electrons. The summed E-state index contributed by atoms with van der Waals surface area (Å²) >= 11 is 0. The first-order valence-electron chi connectivity index (χ1n) is 6.50. The molecule has 2 heterocycles. The van der Waals surface area contributed by atoms with Crippen LogP contribution in [0.25, 0.3) is 0 Å². The van der Waals surface area contributed by atoms with Crippen LogP contribution in [0, 0.1) is 30.6 Å². The third kappa shape index (κ3) is 2.20. The standard InChI is InChI=1S/C14H18N4O2/c1-9-10(2)16-17-12(11(9)7-15)18-6-5-14(3,8-18)13(19)20-4/h5-6,8H2,1-4H3. The van der Waals surface area contributed by atoms with E-state index in [4.69, 9.17) is 4.74 Å². The Morgan fingerprint density at radius 3 is 2.75 bits per heavy atom. The number of carbonyl (C=O) groups is 1. The van der Waals surface area contributed by atoms with Gasteiger partial charge in [-0.25, -0.2) is 0 Å². The fourth-order valence-electron chi connectivity index (χ4n) is 2.51. The van der Waals surface area contributed by atoms with Crippen LogP contribution in [0.4, 0.5) is 5.82 Å². The number of aromatic nitrogens is 2. The Hall–Kier alpha value is -2.16. The molecule has 1 atom stereocenters. The molecule has 1 saturated heterocycles. The van der Waals surface area contributed by atoms with Crippen molar-refractivity contribution in [3.63, 3.8) is 0 Å². The van der Waals surface area contributed by atoms with Crippen molar-refractivity contribution < 1.29 is 9.53 Å². The van der Waals surface area contributed by atoms with Crippen molar-refractivity contribution >= 4 is 11.8 Å². The first-order chi connectivity index (χ1) is 9.42. The smallest absolute Gasteiger partial charge is 0.313 e. The van der Waals surface area contributed by atoms with E-state index in [1.54, 1.807) is 0 Å². The largest absolute Gasteiger partial charge is 0.469 e. The minimum atomic E-state index is -0.554. The van der Waals surface area contributed by atoms with E-state index >= 15 is 0 Å². The van der Waals surface area contributed by atoms with E-state index in [-0.39, 0.29) is 5.97 Å². The second-order valence-corrected chi connectivity index (χ2v) is 5.44. The molecule has 0 aliphatic carbocycles. The molecule has 6 nitrogen and oxygen atoms in total. The third-order valence-electron chi connectivity index (χ3n) is 4.00. The van der Waals surface area contributed by atoms with Crippen LogP contribution in [-0.2, 0) is 9.53 Å². The maximum absolute atomic E-state index is 11.8. The summed E-state index contributed by atoms with van der Waals surface area (Å²) in [7, 11) is 1.40. The van der Waals surface area contributed by atoms with Crippen LogP contribution in [0.5, 0.6) is 0 Å².